The largest absolute Gasteiger partial charge is 0.415 e. The lowest BCUT2D eigenvalue weighted by Gasteiger charge is -2.34. The molecule has 0 unspecified atom stereocenters. The van der Waals surface area contributed by atoms with E-state index in [-0.39, 0.29) is 23.5 Å². The lowest BCUT2D eigenvalue weighted by atomic mass is 9.93. The second kappa shape index (κ2) is 12.5. The highest BCUT2D eigenvalue weighted by Crippen LogP contribution is 2.36. The molecule has 3 heterocycles. The molecule has 220 valence electrons. The predicted octanol–water partition coefficient (Wildman–Crippen LogP) is 4.97. The first kappa shape index (κ1) is 29.6. The van der Waals surface area contributed by atoms with Crippen LogP contribution in [0.15, 0.2) is 60.8 Å². The first-order valence-electron chi connectivity index (χ1n) is 13.6. The summed E-state index contributed by atoms with van der Waals surface area (Å²) in [5, 5.41) is 0.802. The number of ether oxygens (including phenoxy) is 1. The molecule has 42 heavy (non-hydrogen) atoms. The minimum atomic E-state index is -0.617. The summed E-state index contributed by atoms with van der Waals surface area (Å²) in [6.45, 7) is 1.98. The van der Waals surface area contributed by atoms with Crippen LogP contribution >= 0.6 is 23.2 Å². The predicted molar refractivity (Wildman–Crippen MR) is 157 cm³/mol. The van der Waals surface area contributed by atoms with Crippen LogP contribution in [0.1, 0.15) is 34.7 Å². The van der Waals surface area contributed by atoms with E-state index in [2.05, 4.69) is 9.88 Å². The molecule has 0 spiro atoms. The number of benzene rings is 2. The van der Waals surface area contributed by atoms with Gasteiger partial charge in [-0.2, -0.15) is 0 Å². The van der Waals surface area contributed by atoms with Crippen LogP contribution in [0.25, 0.3) is 0 Å². The van der Waals surface area contributed by atoms with Crippen LogP contribution in [-0.2, 0) is 4.79 Å². The summed E-state index contributed by atoms with van der Waals surface area (Å²) in [6.07, 6.45) is 2.12. The maximum absolute atomic E-state index is 13.7. The van der Waals surface area contributed by atoms with Crippen molar-refractivity contribution in [1.82, 2.24) is 14.8 Å². The molecule has 12 heteroatoms. The number of likely N-dealkylation sites (N-methyl/N-ethyl adjacent to an activating group) is 1. The molecule has 2 aliphatic rings. The van der Waals surface area contributed by atoms with Crippen LogP contribution < -0.4 is 15.4 Å². The second-order valence-corrected chi connectivity index (χ2v) is 11.4. The molecular weight excluding hydrogens is 584 g/mol. The van der Waals surface area contributed by atoms with Gasteiger partial charge in [0.2, 0.25) is 11.8 Å². The van der Waals surface area contributed by atoms with E-state index in [9.17, 15) is 18.8 Å². The highest BCUT2D eigenvalue weighted by atomic mass is 35.5. The molecule has 2 atom stereocenters. The zero-order chi connectivity index (χ0) is 30.0. The number of carbonyl (C=O) groups is 3. The molecule has 0 radical (unpaired) electrons. The number of likely N-dealkylation sites (tertiary alicyclic amines) is 1. The van der Waals surface area contributed by atoms with Crippen molar-refractivity contribution >= 4 is 46.9 Å². The number of nitrogens with zero attached hydrogens (tertiary/aromatic N) is 4. The van der Waals surface area contributed by atoms with Gasteiger partial charge in [0.25, 0.3) is 0 Å². The maximum atomic E-state index is 13.7. The number of carbonyl (C=O) groups excluding carboxylic acids is 3. The molecule has 1 aromatic heterocycles. The number of aromatic nitrogens is 1. The van der Waals surface area contributed by atoms with E-state index in [0.29, 0.717) is 54.6 Å². The molecular formula is C30H30Cl2FN5O4. The molecule has 2 aliphatic heterocycles. The number of amides is 3. The molecule has 2 saturated heterocycles. The Hall–Kier alpha value is -3.89. The Labute approximate surface area is 252 Å². The Kier molecular flexibility index (Phi) is 8.84. The summed E-state index contributed by atoms with van der Waals surface area (Å²) in [5.74, 6) is -0.409. The zero-order valence-corrected chi connectivity index (χ0v) is 24.4. The van der Waals surface area contributed by atoms with Crippen LogP contribution in [0.4, 0.5) is 15.0 Å². The van der Waals surface area contributed by atoms with Crippen molar-refractivity contribution in [2.24, 2.45) is 11.7 Å². The van der Waals surface area contributed by atoms with Crippen molar-refractivity contribution in [1.29, 1.82) is 0 Å². The summed E-state index contributed by atoms with van der Waals surface area (Å²) in [4.78, 5) is 47.9. The molecule has 2 aromatic carbocycles. The van der Waals surface area contributed by atoms with E-state index in [1.807, 2.05) is 6.07 Å². The first-order chi connectivity index (χ1) is 20.1. The summed E-state index contributed by atoms with van der Waals surface area (Å²) in [7, 11) is 1.63. The number of halogens is 3. The Morgan fingerprint density at radius 1 is 1.00 bits per heavy atom. The standard InChI is InChI=1S/C30H30Cl2FN5O4/c1-36(30(41)42-22-6-4-21(33)5-7-22)26-17-38(16-23(26)19-2-8-24(31)25(32)14-19)29(40)18-10-12-37(13-11-18)27-9-3-20(15-35-27)28(34)39/h2-9,14-15,18,23,26H,10-13,16-17H2,1H3,(H2,34,39)/t23-,26+/m0/s1. The van der Waals surface area contributed by atoms with E-state index in [0.717, 1.165) is 11.4 Å². The fraction of sp³-hybridized carbons (Fsp3) is 0.333. The van der Waals surface area contributed by atoms with Crippen molar-refractivity contribution in [3.8, 4) is 5.75 Å². The molecule has 0 bridgehead atoms. The van der Waals surface area contributed by atoms with Gasteiger partial charge >= 0.3 is 6.09 Å². The average molecular weight is 615 g/mol. The van der Waals surface area contributed by atoms with Crippen LogP contribution in [0.2, 0.25) is 10.0 Å². The van der Waals surface area contributed by atoms with Crippen LogP contribution in [-0.4, -0.2) is 72.0 Å². The normalized spacial score (nSPS) is 19.0. The van der Waals surface area contributed by atoms with Gasteiger partial charge in [-0.05, 0) is 66.9 Å². The molecule has 2 N–H and O–H groups in total. The number of nitrogens with two attached hydrogens (primary N) is 1. The Balaban J connectivity index is 1.28. The zero-order valence-electron chi connectivity index (χ0n) is 22.9. The van der Waals surface area contributed by atoms with Gasteiger partial charge < -0.3 is 25.2 Å². The van der Waals surface area contributed by atoms with Crippen molar-refractivity contribution in [3.05, 3.63) is 87.8 Å². The van der Waals surface area contributed by atoms with Gasteiger partial charge in [-0.3, -0.25) is 9.59 Å². The minimum absolute atomic E-state index is 0.0274. The fourth-order valence-electron chi connectivity index (χ4n) is 5.57. The third-order valence-corrected chi connectivity index (χ3v) is 8.72. The van der Waals surface area contributed by atoms with E-state index in [4.69, 9.17) is 33.7 Å². The number of hydrogen-bond donors (Lipinski definition) is 1. The van der Waals surface area contributed by atoms with E-state index >= 15 is 0 Å². The quantitative estimate of drug-likeness (QED) is 0.420. The molecule has 9 nitrogen and oxygen atoms in total. The smallest absolute Gasteiger partial charge is 0.410 e. The third-order valence-electron chi connectivity index (χ3n) is 7.98. The first-order valence-corrected chi connectivity index (χ1v) is 14.3. The lowest BCUT2D eigenvalue weighted by Crippen LogP contribution is -2.45. The van der Waals surface area contributed by atoms with Gasteiger partial charge in [0.15, 0.2) is 0 Å². The number of primary amides is 1. The SMILES string of the molecule is CN(C(=O)Oc1ccc(F)cc1)[C@@H]1CN(C(=O)C2CCN(c3ccc(C(N)=O)cn3)CC2)C[C@H]1c1ccc(Cl)c(Cl)c1. The highest BCUT2D eigenvalue weighted by Gasteiger charge is 2.42. The minimum Gasteiger partial charge on any atom is -0.410 e. The number of piperidine rings is 1. The van der Waals surface area contributed by atoms with Crippen molar-refractivity contribution in [2.75, 3.05) is 38.1 Å². The molecule has 0 saturated carbocycles. The van der Waals surface area contributed by atoms with Crippen molar-refractivity contribution in [2.45, 2.75) is 24.8 Å². The van der Waals surface area contributed by atoms with E-state index < -0.39 is 23.9 Å². The topological polar surface area (TPSA) is 109 Å². The number of rotatable bonds is 6. The number of hydrogen-bond acceptors (Lipinski definition) is 6. The summed E-state index contributed by atoms with van der Waals surface area (Å²) >= 11 is 12.5. The van der Waals surface area contributed by atoms with Crippen molar-refractivity contribution in [3.63, 3.8) is 0 Å². The van der Waals surface area contributed by atoms with E-state index in [1.165, 1.54) is 35.4 Å². The Morgan fingerprint density at radius 2 is 1.71 bits per heavy atom. The summed E-state index contributed by atoms with van der Waals surface area (Å²) < 4.78 is 18.8. The van der Waals surface area contributed by atoms with Crippen LogP contribution in [0.3, 0.4) is 0 Å². The van der Waals surface area contributed by atoms with Crippen molar-refractivity contribution < 1.29 is 23.5 Å². The summed E-state index contributed by atoms with van der Waals surface area (Å²) in [6, 6.07) is 13.5. The lowest BCUT2D eigenvalue weighted by molar-refractivity contribution is -0.135. The van der Waals surface area contributed by atoms with Crippen LogP contribution in [0.5, 0.6) is 5.75 Å². The second-order valence-electron chi connectivity index (χ2n) is 10.6. The molecule has 2 fully saturated rings. The van der Waals surface area contributed by atoms with E-state index in [1.54, 1.807) is 36.2 Å². The molecule has 5 rings (SSSR count). The molecule has 0 aliphatic carbocycles. The summed E-state index contributed by atoms with van der Waals surface area (Å²) in [5.41, 5.74) is 6.51. The molecule has 3 aromatic rings. The van der Waals surface area contributed by atoms with Gasteiger partial charge in [0.05, 0.1) is 21.7 Å². The van der Waals surface area contributed by atoms with Gasteiger partial charge in [-0.25, -0.2) is 14.2 Å². The van der Waals surface area contributed by atoms with Crippen LogP contribution in [0, 0.1) is 11.7 Å². The third kappa shape index (κ3) is 6.44. The average Bonchev–Trinajstić information content (AvgIpc) is 3.44. The monoisotopic (exact) mass is 613 g/mol. The van der Waals surface area contributed by atoms with Gasteiger partial charge in [-0.1, -0.05) is 29.3 Å². The number of pyridine rings is 1. The molecule has 3 amide bonds. The van der Waals surface area contributed by atoms with Gasteiger partial charge in [0, 0.05) is 51.3 Å². The Morgan fingerprint density at radius 3 is 2.33 bits per heavy atom. The number of anilines is 1. The van der Waals surface area contributed by atoms with Gasteiger partial charge in [-0.15, -0.1) is 0 Å². The maximum Gasteiger partial charge on any atom is 0.415 e. The van der Waals surface area contributed by atoms with Gasteiger partial charge in [0.1, 0.15) is 17.4 Å². The highest BCUT2D eigenvalue weighted by molar-refractivity contribution is 6.42. The Bertz CT molecular complexity index is 1470. The fourth-order valence-corrected chi connectivity index (χ4v) is 5.88.